The molecule has 3 aromatic rings. The summed E-state index contributed by atoms with van der Waals surface area (Å²) in [4.78, 5) is 28.9. The lowest BCUT2D eigenvalue weighted by Gasteiger charge is -2.43. The van der Waals surface area contributed by atoms with E-state index in [1.165, 1.54) is 31.4 Å². The van der Waals surface area contributed by atoms with E-state index < -0.39 is 35.6 Å². The van der Waals surface area contributed by atoms with Crippen LogP contribution in [0.5, 0.6) is 0 Å². The van der Waals surface area contributed by atoms with E-state index in [0.717, 1.165) is 31.5 Å². The van der Waals surface area contributed by atoms with Gasteiger partial charge < -0.3 is 20.3 Å². The van der Waals surface area contributed by atoms with Gasteiger partial charge in [0.1, 0.15) is 11.6 Å². The van der Waals surface area contributed by atoms with Crippen molar-refractivity contribution in [3.8, 4) is 11.3 Å². The van der Waals surface area contributed by atoms with E-state index in [0.29, 0.717) is 24.6 Å². The van der Waals surface area contributed by atoms with Crippen LogP contribution in [-0.4, -0.2) is 58.7 Å². The molecule has 0 unspecified atom stereocenters. The van der Waals surface area contributed by atoms with Crippen LogP contribution in [0.2, 0.25) is 0 Å². The molecule has 2 aromatic carbocycles. The second-order valence-corrected chi connectivity index (χ2v) is 10.6. The molecule has 0 radical (unpaired) electrons. The van der Waals surface area contributed by atoms with Crippen molar-refractivity contribution in [2.75, 3.05) is 19.6 Å². The minimum absolute atomic E-state index is 0.000963. The van der Waals surface area contributed by atoms with Crippen LogP contribution >= 0.6 is 0 Å². The lowest BCUT2D eigenvalue weighted by atomic mass is 9.87. The van der Waals surface area contributed by atoms with Crippen molar-refractivity contribution in [1.82, 2.24) is 20.7 Å². The normalized spacial score (nSPS) is 21.1. The molecule has 1 aliphatic carbocycles. The van der Waals surface area contributed by atoms with Crippen molar-refractivity contribution in [2.45, 2.75) is 56.7 Å². The number of rotatable bonds is 8. The molecule has 3 atom stereocenters. The van der Waals surface area contributed by atoms with Gasteiger partial charge in [0, 0.05) is 43.9 Å². The van der Waals surface area contributed by atoms with Crippen LogP contribution in [-0.2, 0) is 4.79 Å². The molecule has 0 bridgehead atoms. The summed E-state index contributed by atoms with van der Waals surface area (Å²) in [6.45, 7) is 1.30. The number of aromatic nitrogens is 1. The van der Waals surface area contributed by atoms with E-state index in [4.69, 9.17) is 4.52 Å². The van der Waals surface area contributed by atoms with Gasteiger partial charge in [-0.1, -0.05) is 54.8 Å². The molecular weight excluding hydrogens is 518 g/mol. The molecule has 10 heteroatoms. The Morgan fingerprint density at radius 2 is 1.82 bits per heavy atom. The number of aliphatic hydroxyl groups excluding tert-OH is 1. The van der Waals surface area contributed by atoms with E-state index in [-0.39, 0.29) is 29.5 Å². The number of amides is 2. The van der Waals surface area contributed by atoms with Gasteiger partial charge in [-0.25, -0.2) is 8.78 Å². The maximum Gasteiger partial charge on any atom is 0.273 e. The van der Waals surface area contributed by atoms with Crippen molar-refractivity contribution in [3.63, 3.8) is 0 Å². The van der Waals surface area contributed by atoms with Crippen molar-refractivity contribution in [2.24, 2.45) is 5.92 Å². The van der Waals surface area contributed by atoms with Gasteiger partial charge in [0.25, 0.3) is 5.91 Å². The van der Waals surface area contributed by atoms with E-state index >= 15 is 0 Å². The first-order valence-electron chi connectivity index (χ1n) is 13.9. The fourth-order valence-corrected chi connectivity index (χ4v) is 5.76. The molecule has 1 saturated carbocycles. The largest absolute Gasteiger partial charge is 0.387 e. The first kappa shape index (κ1) is 27.9. The minimum Gasteiger partial charge on any atom is -0.387 e. The van der Waals surface area contributed by atoms with Crippen LogP contribution in [0.3, 0.4) is 0 Å². The Bertz CT molecular complexity index is 1310. The highest BCUT2D eigenvalue weighted by atomic mass is 19.1. The Morgan fingerprint density at radius 3 is 2.58 bits per heavy atom. The number of carbonyl (C=O) groups excluding carboxylic acids is 2. The van der Waals surface area contributed by atoms with E-state index in [9.17, 15) is 23.5 Å². The Morgan fingerprint density at radius 1 is 1.05 bits per heavy atom. The molecule has 1 aromatic heterocycles. The monoisotopic (exact) mass is 552 g/mol. The lowest BCUT2D eigenvalue weighted by Crippen LogP contribution is -2.58. The third-order valence-corrected chi connectivity index (χ3v) is 7.98. The molecule has 212 valence electrons. The Labute approximate surface area is 231 Å². The number of nitrogens with one attached hydrogen (secondary N) is 2. The summed E-state index contributed by atoms with van der Waals surface area (Å²) in [5, 5.41) is 20.1. The number of hydrogen-bond acceptors (Lipinski definition) is 6. The first-order chi connectivity index (χ1) is 19.4. The van der Waals surface area contributed by atoms with Crippen molar-refractivity contribution >= 4 is 11.8 Å². The summed E-state index contributed by atoms with van der Waals surface area (Å²) in [5.74, 6) is -2.88. The van der Waals surface area contributed by atoms with Gasteiger partial charge in [-0.15, -0.1) is 0 Å². The van der Waals surface area contributed by atoms with Crippen molar-refractivity contribution < 1.29 is 28.0 Å². The van der Waals surface area contributed by atoms with Crippen LogP contribution in [0, 0.1) is 17.6 Å². The van der Waals surface area contributed by atoms with Gasteiger partial charge in [0.2, 0.25) is 5.91 Å². The lowest BCUT2D eigenvalue weighted by molar-refractivity contribution is -0.128. The third-order valence-electron chi connectivity index (χ3n) is 7.98. The minimum atomic E-state index is -0.850. The van der Waals surface area contributed by atoms with Crippen molar-refractivity contribution in [1.29, 1.82) is 0 Å². The highest BCUT2D eigenvalue weighted by Crippen LogP contribution is 2.29. The van der Waals surface area contributed by atoms with Gasteiger partial charge in [0.05, 0.1) is 17.6 Å². The Kier molecular flexibility index (Phi) is 8.86. The Balaban J connectivity index is 1.28. The summed E-state index contributed by atoms with van der Waals surface area (Å²) < 4.78 is 32.7. The number of carbonyl (C=O) groups is 2. The molecule has 0 spiro atoms. The van der Waals surface area contributed by atoms with Gasteiger partial charge >= 0.3 is 0 Å². The van der Waals surface area contributed by atoms with Crippen LogP contribution in [0.25, 0.3) is 11.3 Å². The van der Waals surface area contributed by atoms with E-state index in [1.807, 2.05) is 18.2 Å². The van der Waals surface area contributed by atoms with Gasteiger partial charge in [-0.05, 0) is 37.0 Å². The number of aliphatic hydroxyl groups is 1. The van der Waals surface area contributed by atoms with Crippen LogP contribution in [0.1, 0.15) is 60.7 Å². The van der Waals surface area contributed by atoms with E-state index in [2.05, 4.69) is 20.7 Å². The molecule has 1 saturated heterocycles. The summed E-state index contributed by atoms with van der Waals surface area (Å²) in [6.07, 6.45) is 5.48. The van der Waals surface area contributed by atoms with Gasteiger partial charge in [0.15, 0.2) is 11.5 Å². The van der Waals surface area contributed by atoms with Crippen molar-refractivity contribution in [3.05, 3.63) is 77.5 Å². The summed E-state index contributed by atoms with van der Waals surface area (Å²) in [7, 11) is 0. The average molecular weight is 553 g/mol. The number of hydrogen-bond donors (Lipinski definition) is 3. The van der Waals surface area contributed by atoms with Crippen LogP contribution < -0.4 is 10.6 Å². The molecular formula is C30H34F2N4O4. The molecule has 8 nitrogen and oxygen atoms in total. The third kappa shape index (κ3) is 6.56. The second-order valence-electron chi connectivity index (χ2n) is 10.6. The number of benzene rings is 2. The molecule has 2 amide bonds. The fraction of sp³-hybridized carbons (Fsp3) is 0.433. The summed E-state index contributed by atoms with van der Waals surface area (Å²) in [5.41, 5.74) is 0.634. The zero-order valence-electron chi connectivity index (χ0n) is 22.2. The number of piperidine rings is 1. The maximum absolute atomic E-state index is 14.2. The molecule has 5 rings (SSSR count). The first-order valence-corrected chi connectivity index (χ1v) is 13.9. The SMILES string of the molecule is O=C(N[C@@H]1CCN(C2CCCCC2)C[C@H]1C(=O)NC[C@@H](O)c1ccccc1)c1cc(-c2ccc(F)cc2F)on1. The summed E-state index contributed by atoms with van der Waals surface area (Å²) in [6, 6.07) is 13.4. The Hall–Kier alpha value is -3.63. The zero-order valence-corrected chi connectivity index (χ0v) is 22.2. The molecule has 40 heavy (non-hydrogen) atoms. The number of nitrogens with zero attached hydrogens (tertiary/aromatic N) is 2. The van der Waals surface area contributed by atoms with Gasteiger partial charge in [-0.2, -0.15) is 0 Å². The van der Waals surface area contributed by atoms with E-state index in [1.54, 1.807) is 12.1 Å². The standard InChI is InChI=1S/C30H34F2N4O4/c31-20-11-12-22(24(32)15-20)28-16-26(35-40-28)30(39)34-25-13-14-36(21-9-5-2-6-10-21)18-23(25)29(38)33-17-27(37)19-7-3-1-4-8-19/h1,3-4,7-8,11-12,15-16,21,23,25,27,37H,2,5-6,9-10,13-14,17-18H2,(H,33,38)(H,34,39)/t23-,25-,27-/m1/s1. The molecule has 2 heterocycles. The second kappa shape index (κ2) is 12.7. The number of likely N-dealkylation sites (tertiary alicyclic amines) is 1. The highest BCUT2D eigenvalue weighted by molar-refractivity contribution is 5.94. The topological polar surface area (TPSA) is 108 Å². The summed E-state index contributed by atoms with van der Waals surface area (Å²) >= 11 is 0. The fourth-order valence-electron chi connectivity index (χ4n) is 5.76. The smallest absolute Gasteiger partial charge is 0.273 e. The molecule has 2 aliphatic rings. The van der Waals surface area contributed by atoms with Gasteiger partial charge in [-0.3, -0.25) is 14.5 Å². The highest BCUT2D eigenvalue weighted by Gasteiger charge is 2.38. The molecule has 3 N–H and O–H groups in total. The average Bonchev–Trinajstić information content (AvgIpc) is 3.47. The predicted octanol–water partition coefficient (Wildman–Crippen LogP) is 4.22. The predicted molar refractivity (Wildman–Crippen MR) is 144 cm³/mol. The quantitative estimate of drug-likeness (QED) is 0.386. The van der Waals surface area contributed by atoms with Crippen LogP contribution in [0.15, 0.2) is 59.1 Å². The molecule has 2 fully saturated rings. The molecule has 1 aliphatic heterocycles. The maximum atomic E-state index is 14.2. The zero-order chi connectivity index (χ0) is 28.1. The number of halogens is 2. The van der Waals surface area contributed by atoms with Crippen LogP contribution in [0.4, 0.5) is 8.78 Å².